The van der Waals surface area contributed by atoms with Crippen LogP contribution < -0.4 is 0 Å². The number of likely N-dealkylation sites (tertiary alicyclic amines) is 1. The van der Waals surface area contributed by atoms with Crippen molar-refractivity contribution in [1.82, 2.24) is 25.1 Å². The van der Waals surface area contributed by atoms with Crippen LogP contribution >= 0.6 is 0 Å². The topological polar surface area (TPSA) is 63.9 Å². The zero-order valence-corrected chi connectivity index (χ0v) is 16.3. The lowest BCUT2D eigenvalue weighted by Crippen LogP contribution is -2.36. The van der Waals surface area contributed by atoms with Crippen LogP contribution in [0.15, 0.2) is 54.6 Å². The minimum atomic E-state index is -0.588. The van der Waals surface area contributed by atoms with Gasteiger partial charge in [0.2, 0.25) is 5.82 Å². The predicted octanol–water partition coefficient (Wildman–Crippen LogP) is 3.68. The fourth-order valence-electron chi connectivity index (χ4n) is 3.59. The maximum atomic E-state index is 13.2. The average molecular weight is 375 g/mol. The fourth-order valence-corrected chi connectivity index (χ4v) is 3.59. The van der Waals surface area contributed by atoms with Crippen molar-refractivity contribution in [3.05, 3.63) is 65.7 Å². The van der Waals surface area contributed by atoms with Gasteiger partial charge < -0.3 is 4.90 Å². The summed E-state index contributed by atoms with van der Waals surface area (Å²) in [6.07, 6.45) is 2.09. The van der Waals surface area contributed by atoms with Gasteiger partial charge in [0.25, 0.3) is 5.91 Å². The Morgan fingerprint density at radius 1 is 0.929 bits per heavy atom. The van der Waals surface area contributed by atoms with Crippen molar-refractivity contribution in [1.29, 1.82) is 0 Å². The second kappa shape index (κ2) is 7.92. The molecule has 1 fully saturated rings. The molecule has 0 radical (unpaired) electrons. The van der Waals surface area contributed by atoms with E-state index in [1.807, 2.05) is 47.4 Å². The summed E-state index contributed by atoms with van der Waals surface area (Å²) in [6.45, 7) is 5.91. The predicted molar refractivity (Wildman–Crippen MR) is 108 cm³/mol. The molecule has 6 nitrogen and oxygen atoms in total. The molecule has 3 aromatic rings. The van der Waals surface area contributed by atoms with Gasteiger partial charge in [-0.1, -0.05) is 68.4 Å². The summed E-state index contributed by atoms with van der Waals surface area (Å²) >= 11 is 0. The summed E-state index contributed by atoms with van der Waals surface area (Å²) in [6, 6.07) is 17.3. The number of tetrazole rings is 1. The minimum Gasteiger partial charge on any atom is -0.340 e. The van der Waals surface area contributed by atoms with Gasteiger partial charge in [0.1, 0.15) is 0 Å². The Morgan fingerprint density at radius 2 is 1.61 bits per heavy atom. The van der Waals surface area contributed by atoms with Crippen LogP contribution in [0, 0.1) is 0 Å². The lowest BCUT2D eigenvalue weighted by atomic mass is 10.0. The Labute approximate surface area is 165 Å². The molecule has 1 aromatic heterocycles. The van der Waals surface area contributed by atoms with Gasteiger partial charge in [-0.3, -0.25) is 4.79 Å². The van der Waals surface area contributed by atoms with Crippen LogP contribution in [0.3, 0.4) is 0 Å². The van der Waals surface area contributed by atoms with Crippen LogP contribution in [0.1, 0.15) is 49.8 Å². The van der Waals surface area contributed by atoms with Crippen molar-refractivity contribution in [2.24, 2.45) is 0 Å². The Balaban J connectivity index is 1.66. The van der Waals surface area contributed by atoms with Gasteiger partial charge in [-0.15, -0.1) is 15.0 Å². The molecule has 1 amide bonds. The third kappa shape index (κ3) is 3.67. The first-order valence-corrected chi connectivity index (χ1v) is 9.87. The molecule has 0 saturated carbocycles. The number of nitrogens with zero attached hydrogens (tertiary/aromatic N) is 5. The molecule has 0 N–H and O–H groups in total. The summed E-state index contributed by atoms with van der Waals surface area (Å²) in [5, 5.41) is 13.0. The highest BCUT2D eigenvalue weighted by atomic mass is 16.2. The highest BCUT2D eigenvalue weighted by molar-refractivity contribution is 5.83. The zero-order chi connectivity index (χ0) is 19.5. The molecule has 1 atom stereocenters. The summed E-state index contributed by atoms with van der Waals surface area (Å²) in [7, 11) is 0. The maximum absolute atomic E-state index is 13.2. The molecule has 0 aliphatic carbocycles. The second-order valence-electron chi connectivity index (χ2n) is 7.56. The SMILES string of the molecule is CC(C)c1ccc(-c2nnn([C@@H](C(=O)N3CCCC3)c3ccccc3)n2)cc1. The van der Waals surface area contributed by atoms with Gasteiger partial charge >= 0.3 is 0 Å². The molecule has 4 rings (SSSR count). The smallest absolute Gasteiger partial charge is 0.254 e. The van der Waals surface area contributed by atoms with Crippen molar-refractivity contribution >= 4 is 5.91 Å². The first-order chi connectivity index (χ1) is 13.6. The van der Waals surface area contributed by atoms with Crippen molar-refractivity contribution in [3.8, 4) is 11.4 Å². The molecule has 28 heavy (non-hydrogen) atoms. The molecule has 0 unspecified atom stereocenters. The van der Waals surface area contributed by atoms with Crippen LogP contribution in [0.5, 0.6) is 0 Å². The van der Waals surface area contributed by atoms with Gasteiger partial charge in [0.15, 0.2) is 6.04 Å². The molecule has 1 aliphatic heterocycles. The highest BCUT2D eigenvalue weighted by Crippen LogP contribution is 2.24. The number of carbonyl (C=O) groups excluding carboxylic acids is 1. The van der Waals surface area contributed by atoms with E-state index in [0.29, 0.717) is 11.7 Å². The van der Waals surface area contributed by atoms with E-state index in [1.165, 1.54) is 10.4 Å². The van der Waals surface area contributed by atoms with Crippen LogP contribution in [0.4, 0.5) is 0 Å². The third-order valence-electron chi connectivity index (χ3n) is 5.26. The van der Waals surface area contributed by atoms with Crippen molar-refractivity contribution in [2.75, 3.05) is 13.1 Å². The van der Waals surface area contributed by atoms with Crippen LogP contribution in [-0.2, 0) is 4.79 Å². The normalized spacial score (nSPS) is 15.2. The number of benzene rings is 2. The zero-order valence-electron chi connectivity index (χ0n) is 16.3. The van der Waals surface area contributed by atoms with Crippen molar-refractivity contribution in [3.63, 3.8) is 0 Å². The molecule has 2 aromatic carbocycles. The van der Waals surface area contributed by atoms with E-state index in [-0.39, 0.29) is 5.91 Å². The summed E-state index contributed by atoms with van der Waals surface area (Å²) in [5.41, 5.74) is 3.04. The summed E-state index contributed by atoms with van der Waals surface area (Å²) in [4.78, 5) is 16.6. The minimum absolute atomic E-state index is 0.0304. The Bertz CT molecular complexity index is 927. The third-order valence-corrected chi connectivity index (χ3v) is 5.26. The molecular formula is C22H25N5O. The Hall–Kier alpha value is -3.02. The Morgan fingerprint density at radius 3 is 2.25 bits per heavy atom. The van der Waals surface area contributed by atoms with Crippen molar-refractivity contribution < 1.29 is 4.79 Å². The first kappa shape index (κ1) is 18.3. The number of rotatable bonds is 5. The lowest BCUT2D eigenvalue weighted by molar-refractivity contribution is -0.133. The molecule has 6 heteroatoms. The van der Waals surface area contributed by atoms with Gasteiger partial charge in [0.05, 0.1) is 0 Å². The number of amides is 1. The van der Waals surface area contributed by atoms with E-state index in [1.54, 1.807) is 0 Å². The monoisotopic (exact) mass is 375 g/mol. The van der Waals surface area contributed by atoms with E-state index < -0.39 is 6.04 Å². The largest absolute Gasteiger partial charge is 0.340 e. The molecule has 0 spiro atoms. The maximum Gasteiger partial charge on any atom is 0.254 e. The van der Waals surface area contributed by atoms with Crippen LogP contribution in [0.2, 0.25) is 0 Å². The summed E-state index contributed by atoms with van der Waals surface area (Å²) < 4.78 is 0. The van der Waals surface area contributed by atoms with Gasteiger partial charge in [-0.2, -0.15) is 0 Å². The second-order valence-corrected chi connectivity index (χ2v) is 7.56. The van der Waals surface area contributed by atoms with E-state index >= 15 is 0 Å². The molecule has 0 bridgehead atoms. The highest BCUT2D eigenvalue weighted by Gasteiger charge is 2.31. The Kier molecular flexibility index (Phi) is 5.19. The number of carbonyl (C=O) groups is 1. The van der Waals surface area contributed by atoms with E-state index in [2.05, 4.69) is 41.4 Å². The standard InChI is InChI=1S/C22H25N5O/c1-16(2)17-10-12-19(13-11-17)21-23-25-27(24-21)20(18-8-4-3-5-9-18)22(28)26-14-6-7-15-26/h3-5,8-13,16,20H,6-7,14-15H2,1-2H3/t20-/m1/s1. The van der Waals surface area contributed by atoms with Gasteiger partial charge in [-0.25, -0.2) is 0 Å². The van der Waals surface area contributed by atoms with Crippen LogP contribution in [-0.4, -0.2) is 44.1 Å². The molecule has 2 heterocycles. The van der Waals surface area contributed by atoms with E-state index in [0.717, 1.165) is 37.1 Å². The van der Waals surface area contributed by atoms with E-state index in [9.17, 15) is 4.79 Å². The fraction of sp³-hybridized carbons (Fsp3) is 0.364. The first-order valence-electron chi connectivity index (χ1n) is 9.87. The average Bonchev–Trinajstić information content (AvgIpc) is 3.42. The summed E-state index contributed by atoms with van der Waals surface area (Å²) in [5.74, 6) is 1.03. The quantitative estimate of drug-likeness (QED) is 0.682. The van der Waals surface area contributed by atoms with Gasteiger partial charge in [-0.05, 0) is 35.1 Å². The van der Waals surface area contributed by atoms with E-state index in [4.69, 9.17) is 0 Å². The van der Waals surface area contributed by atoms with Gasteiger partial charge in [0, 0.05) is 18.7 Å². The van der Waals surface area contributed by atoms with Crippen molar-refractivity contribution in [2.45, 2.75) is 38.6 Å². The lowest BCUT2D eigenvalue weighted by Gasteiger charge is -2.22. The number of aromatic nitrogens is 4. The van der Waals surface area contributed by atoms with Crippen LogP contribution in [0.25, 0.3) is 11.4 Å². The molecular weight excluding hydrogens is 350 g/mol. The number of hydrogen-bond acceptors (Lipinski definition) is 4. The molecule has 144 valence electrons. The molecule has 1 saturated heterocycles. The number of hydrogen-bond donors (Lipinski definition) is 0. The molecule has 1 aliphatic rings.